The van der Waals surface area contributed by atoms with Gasteiger partial charge in [0, 0.05) is 23.0 Å². The van der Waals surface area contributed by atoms with E-state index in [1.807, 2.05) is 25.1 Å². The summed E-state index contributed by atoms with van der Waals surface area (Å²) < 4.78 is 0. The molecule has 1 aliphatic rings. The average molecular weight is 309 g/mol. The third-order valence-corrected chi connectivity index (χ3v) is 5.14. The Bertz CT molecular complexity index is 530. The summed E-state index contributed by atoms with van der Waals surface area (Å²) in [5, 5.41) is 9.12. The fourth-order valence-electron chi connectivity index (χ4n) is 1.86. The third-order valence-electron chi connectivity index (χ3n) is 2.89. The van der Waals surface area contributed by atoms with Crippen molar-refractivity contribution in [3.05, 3.63) is 35.9 Å². The van der Waals surface area contributed by atoms with Crippen LogP contribution in [-0.2, 0) is 4.79 Å². The molecule has 0 saturated carbocycles. The summed E-state index contributed by atoms with van der Waals surface area (Å²) >= 11 is 2.78. The predicted octanol–water partition coefficient (Wildman–Crippen LogP) is 2.79. The lowest BCUT2D eigenvalue weighted by Crippen LogP contribution is -2.32. The molecular weight excluding hydrogens is 294 g/mol. The number of aliphatic imine (C=N–C) groups is 1. The molecule has 2 atom stereocenters. The highest BCUT2D eigenvalue weighted by Gasteiger charge is 2.28. The van der Waals surface area contributed by atoms with Gasteiger partial charge < -0.3 is 5.11 Å². The Morgan fingerprint density at radius 2 is 2.10 bits per heavy atom. The molecule has 1 N–H and O–H groups in total. The van der Waals surface area contributed by atoms with Crippen molar-refractivity contribution in [1.82, 2.24) is 0 Å². The van der Waals surface area contributed by atoms with E-state index in [1.165, 1.54) is 0 Å². The summed E-state index contributed by atoms with van der Waals surface area (Å²) in [4.78, 5) is 27.4. The molecule has 0 amide bonds. The van der Waals surface area contributed by atoms with Crippen molar-refractivity contribution in [1.29, 1.82) is 0 Å². The van der Waals surface area contributed by atoms with Crippen LogP contribution in [0.2, 0.25) is 0 Å². The highest BCUT2D eigenvalue weighted by molar-refractivity contribution is 8.14. The normalized spacial score (nSPS) is 22.1. The minimum atomic E-state index is -0.977. The second-order valence-corrected chi connectivity index (χ2v) is 6.76. The number of carbonyl (C=O) groups excluding carboxylic acids is 1. The molecule has 106 valence electrons. The van der Waals surface area contributed by atoms with Gasteiger partial charge in [-0.2, -0.15) is 0 Å². The molecule has 0 aromatic heterocycles. The first-order valence-corrected chi connectivity index (χ1v) is 8.26. The first-order valence-electron chi connectivity index (χ1n) is 6.22. The van der Waals surface area contributed by atoms with Gasteiger partial charge in [-0.1, -0.05) is 42.1 Å². The molecule has 1 aromatic carbocycles. The van der Waals surface area contributed by atoms with Crippen LogP contribution in [0.4, 0.5) is 0 Å². The average Bonchev–Trinajstić information content (AvgIpc) is 2.46. The van der Waals surface area contributed by atoms with Gasteiger partial charge in [-0.15, -0.1) is 11.8 Å². The summed E-state index contributed by atoms with van der Waals surface area (Å²) in [6.07, 6.45) is 0. The van der Waals surface area contributed by atoms with Crippen LogP contribution in [0.15, 0.2) is 35.3 Å². The smallest absolute Gasteiger partial charge is 0.350 e. The van der Waals surface area contributed by atoms with Gasteiger partial charge in [-0.25, -0.2) is 4.79 Å². The third kappa shape index (κ3) is 3.86. The first-order chi connectivity index (χ1) is 9.58. The Hall–Kier alpha value is -1.27. The number of carboxylic acids is 1. The van der Waals surface area contributed by atoms with Crippen molar-refractivity contribution in [3.63, 3.8) is 0 Å². The molecule has 1 aromatic rings. The highest BCUT2D eigenvalue weighted by Crippen LogP contribution is 2.27. The Morgan fingerprint density at radius 1 is 1.40 bits per heavy atom. The number of carbonyl (C=O) groups is 2. The monoisotopic (exact) mass is 309 g/mol. The number of nitrogens with zero attached hydrogens (tertiary/aromatic N) is 1. The van der Waals surface area contributed by atoms with Crippen LogP contribution in [0.25, 0.3) is 0 Å². The Labute approximate surface area is 126 Å². The summed E-state index contributed by atoms with van der Waals surface area (Å²) in [5.74, 6) is 0.00113. The van der Waals surface area contributed by atoms with Gasteiger partial charge in [0.25, 0.3) is 0 Å². The van der Waals surface area contributed by atoms with Crippen molar-refractivity contribution in [3.8, 4) is 0 Å². The lowest BCUT2D eigenvalue weighted by Gasteiger charge is -2.23. The molecule has 0 saturated heterocycles. The Morgan fingerprint density at radius 3 is 2.75 bits per heavy atom. The fourth-order valence-corrected chi connectivity index (χ4v) is 3.92. The van der Waals surface area contributed by atoms with Gasteiger partial charge in [0.05, 0.1) is 5.37 Å². The van der Waals surface area contributed by atoms with Gasteiger partial charge in [0.1, 0.15) is 5.71 Å². The molecule has 0 spiro atoms. The Balaban J connectivity index is 1.98. The zero-order chi connectivity index (χ0) is 14.5. The van der Waals surface area contributed by atoms with Gasteiger partial charge in [0.2, 0.25) is 5.12 Å². The zero-order valence-corrected chi connectivity index (χ0v) is 12.6. The quantitative estimate of drug-likeness (QED) is 0.926. The molecule has 0 fully saturated rings. The van der Waals surface area contributed by atoms with Crippen LogP contribution >= 0.6 is 23.5 Å². The van der Waals surface area contributed by atoms with E-state index in [2.05, 4.69) is 4.99 Å². The van der Waals surface area contributed by atoms with Crippen LogP contribution in [0.5, 0.6) is 0 Å². The maximum Gasteiger partial charge on any atom is 0.350 e. The Kier molecular flexibility index (Phi) is 5.25. The van der Waals surface area contributed by atoms with Crippen molar-refractivity contribution < 1.29 is 14.7 Å². The van der Waals surface area contributed by atoms with Crippen LogP contribution in [0.3, 0.4) is 0 Å². The molecule has 0 bridgehead atoms. The van der Waals surface area contributed by atoms with E-state index in [-0.39, 0.29) is 22.1 Å². The number of aliphatic carboxylic acids is 1. The van der Waals surface area contributed by atoms with E-state index < -0.39 is 5.97 Å². The van der Waals surface area contributed by atoms with Crippen LogP contribution < -0.4 is 0 Å². The van der Waals surface area contributed by atoms with E-state index in [0.717, 1.165) is 11.8 Å². The SMILES string of the molecule is CC1N=C(C(=O)O)C(CSC(=O)c2ccccc2)CS1. The van der Waals surface area contributed by atoms with Crippen molar-refractivity contribution in [2.24, 2.45) is 10.9 Å². The molecule has 20 heavy (non-hydrogen) atoms. The number of hydrogen-bond donors (Lipinski definition) is 1. The number of thioether (sulfide) groups is 2. The van der Waals surface area contributed by atoms with Crippen molar-refractivity contribution in [2.45, 2.75) is 12.3 Å². The molecule has 1 heterocycles. The lowest BCUT2D eigenvalue weighted by atomic mass is 10.1. The first kappa shape index (κ1) is 15.1. The van der Waals surface area contributed by atoms with Crippen LogP contribution in [-0.4, -0.2) is 38.8 Å². The van der Waals surface area contributed by atoms with Crippen LogP contribution in [0.1, 0.15) is 17.3 Å². The van der Waals surface area contributed by atoms with E-state index >= 15 is 0 Å². The van der Waals surface area contributed by atoms with Gasteiger partial charge >= 0.3 is 5.97 Å². The maximum absolute atomic E-state index is 12.0. The van der Waals surface area contributed by atoms with E-state index in [0.29, 0.717) is 17.1 Å². The topological polar surface area (TPSA) is 66.7 Å². The molecule has 2 unspecified atom stereocenters. The van der Waals surface area contributed by atoms with Crippen molar-refractivity contribution in [2.75, 3.05) is 11.5 Å². The standard InChI is InChI=1S/C14H15NO3S2/c1-9-15-12(13(16)17)11(7-19-9)8-20-14(18)10-5-3-2-4-6-10/h2-6,9,11H,7-8H2,1H3,(H,16,17). The summed E-state index contributed by atoms with van der Waals surface area (Å²) in [6.45, 7) is 1.88. The maximum atomic E-state index is 12.0. The summed E-state index contributed by atoms with van der Waals surface area (Å²) in [7, 11) is 0. The molecule has 4 nitrogen and oxygen atoms in total. The molecule has 1 aliphatic heterocycles. The number of hydrogen-bond acceptors (Lipinski definition) is 5. The molecule has 0 aliphatic carbocycles. The van der Waals surface area contributed by atoms with E-state index in [4.69, 9.17) is 0 Å². The minimum Gasteiger partial charge on any atom is -0.477 e. The number of benzene rings is 1. The predicted molar refractivity (Wildman–Crippen MR) is 83.7 cm³/mol. The second-order valence-electron chi connectivity index (χ2n) is 4.41. The largest absolute Gasteiger partial charge is 0.477 e. The van der Waals surface area contributed by atoms with E-state index in [9.17, 15) is 14.7 Å². The number of rotatable bonds is 4. The fraction of sp³-hybridized carbons (Fsp3) is 0.357. The van der Waals surface area contributed by atoms with Gasteiger partial charge in [-0.05, 0) is 6.92 Å². The molecule has 6 heteroatoms. The van der Waals surface area contributed by atoms with Gasteiger partial charge in [-0.3, -0.25) is 9.79 Å². The highest BCUT2D eigenvalue weighted by atomic mass is 32.2. The molecule has 2 rings (SSSR count). The minimum absolute atomic E-state index is 0.0211. The molecular formula is C14H15NO3S2. The summed E-state index contributed by atoms with van der Waals surface area (Å²) in [6, 6.07) is 9.01. The van der Waals surface area contributed by atoms with Crippen molar-refractivity contribution >= 4 is 40.3 Å². The number of carboxylic acid groups (broad SMARTS) is 1. The lowest BCUT2D eigenvalue weighted by molar-refractivity contribution is -0.129. The van der Waals surface area contributed by atoms with Gasteiger partial charge in [0.15, 0.2) is 0 Å². The summed E-state index contributed by atoms with van der Waals surface area (Å²) in [5.41, 5.74) is 0.841. The zero-order valence-electron chi connectivity index (χ0n) is 11.0. The molecule has 0 radical (unpaired) electrons. The van der Waals surface area contributed by atoms with E-state index in [1.54, 1.807) is 23.9 Å². The van der Waals surface area contributed by atoms with Crippen LogP contribution in [0, 0.1) is 5.92 Å². The second kappa shape index (κ2) is 6.95.